The number of carbonyl (C=O) groups is 1. The minimum atomic E-state index is -0.571. The van der Waals surface area contributed by atoms with E-state index in [2.05, 4.69) is 4.98 Å². The van der Waals surface area contributed by atoms with E-state index in [1.54, 1.807) is 31.2 Å². The van der Waals surface area contributed by atoms with Crippen molar-refractivity contribution in [2.45, 2.75) is 19.8 Å². The number of ether oxygens (including phenoxy) is 1. The molecule has 1 aromatic heterocycles. The number of carbonyl (C=O) groups excluding carboxylic acids is 1. The lowest BCUT2D eigenvalue weighted by molar-refractivity contribution is -0.148. The molecule has 2 heterocycles. The maximum absolute atomic E-state index is 12.5. The Morgan fingerprint density at radius 3 is 2.81 bits per heavy atom. The lowest BCUT2D eigenvalue weighted by Crippen LogP contribution is -2.42. The minimum absolute atomic E-state index is 0.246. The van der Waals surface area contributed by atoms with Gasteiger partial charge in [0.1, 0.15) is 5.82 Å². The Morgan fingerprint density at radius 2 is 2.12 bits per heavy atom. The standard InChI is InChI=1S/C18H20ClN3O4/c1-2-26-17(24)12-6-5-9-21(11-12)15-10-16(23)22(18(25)20-15)14-8-4-3-7-13(14)19/h3-4,7-8,10,12H,2,5-6,9,11H2,1H3,(H,20,25)/t12-/m0/s1. The van der Waals surface area contributed by atoms with Crippen molar-refractivity contribution in [3.05, 3.63) is 56.2 Å². The van der Waals surface area contributed by atoms with Crippen molar-refractivity contribution >= 4 is 23.4 Å². The average Bonchev–Trinajstić information content (AvgIpc) is 2.63. The van der Waals surface area contributed by atoms with E-state index in [0.29, 0.717) is 36.2 Å². The van der Waals surface area contributed by atoms with Crippen molar-refractivity contribution in [2.75, 3.05) is 24.6 Å². The second kappa shape index (κ2) is 7.78. The number of H-pyrrole nitrogens is 1. The lowest BCUT2D eigenvalue weighted by atomic mass is 9.98. The van der Waals surface area contributed by atoms with Crippen LogP contribution in [0.4, 0.5) is 5.82 Å². The van der Waals surface area contributed by atoms with Gasteiger partial charge in [0.15, 0.2) is 0 Å². The van der Waals surface area contributed by atoms with Gasteiger partial charge in [0, 0.05) is 19.2 Å². The van der Waals surface area contributed by atoms with E-state index in [4.69, 9.17) is 16.3 Å². The zero-order chi connectivity index (χ0) is 18.7. The number of para-hydroxylation sites is 1. The lowest BCUT2D eigenvalue weighted by Gasteiger charge is -2.32. The van der Waals surface area contributed by atoms with Crippen LogP contribution in [-0.4, -0.2) is 35.2 Å². The second-order valence-corrected chi connectivity index (χ2v) is 6.53. The Bertz CT molecular complexity index is 890. The summed E-state index contributed by atoms with van der Waals surface area (Å²) in [6.07, 6.45) is 1.51. The zero-order valence-electron chi connectivity index (χ0n) is 14.4. The number of benzene rings is 1. The Labute approximate surface area is 155 Å². The van der Waals surface area contributed by atoms with Crippen LogP contribution in [0.1, 0.15) is 19.8 Å². The topological polar surface area (TPSA) is 84.4 Å². The highest BCUT2D eigenvalue weighted by Gasteiger charge is 2.28. The van der Waals surface area contributed by atoms with Crippen molar-refractivity contribution in [1.29, 1.82) is 0 Å². The van der Waals surface area contributed by atoms with Gasteiger partial charge in [0.05, 0.1) is 23.2 Å². The number of nitrogens with one attached hydrogen (secondary N) is 1. The number of piperidine rings is 1. The fourth-order valence-electron chi connectivity index (χ4n) is 3.16. The highest BCUT2D eigenvalue weighted by Crippen LogP contribution is 2.22. The highest BCUT2D eigenvalue weighted by atomic mass is 35.5. The van der Waals surface area contributed by atoms with Crippen LogP contribution in [0.3, 0.4) is 0 Å². The van der Waals surface area contributed by atoms with Gasteiger partial charge in [-0.1, -0.05) is 23.7 Å². The minimum Gasteiger partial charge on any atom is -0.466 e. The molecule has 2 aromatic rings. The molecule has 0 aliphatic carbocycles. The third-order valence-corrected chi connectivity index (χ3v) is 4.71. The third kappa shape index (κ3) is 3.67. The summed E-state index contributed by atoms with van der Waals surface area (Å²) >= 11 is 6.10. The van der Waals surface area contributed by atoms with Gasteiger partial charge in [0.2, 0.25) is 0 Å². The molecule has 1 atom stereocenters. The van der Waals surface area contributed by atoms with Gasteiger partial charge in [-0.15, -0.1) is 0 Å². The van der Waals surface area contributed by atoms with Gasteiger partial charge < -0.3 is 9.64 Å². The van der Waals surface area contributed by atoms with E-state index in [1.807, 2.05) is 4.90 Å². The molecule has 26 heavy (non-hydrogen) atoms. The van der Waals surface area contributed by atoms with Gasteiger partial charge in [-0.25, -0.2) is 9.36 Å². The molecule has 1 fully saturated rings. The van der Waals surface area contributed by atoms with E-state index >= 15 is 0 Å². The largest absolute Gasteiger partial charge is 0.466 e. The molecule has 1 aliphatic rings. The van der Waals surface area contributed by atoms with Crippen molar-refractivity contribution in [3.63, 3.8) is 0 Å². The molecule has 1 aliphatic heterocycles. The summed E-state index contributed by atoms with van der Waals surface area (Å²) < 4.78 is 6.08. The predicted octanol–water partition coefficient (Wildman–Crippen LogP) is 1.96. The number of aromatic nitrogens is 2. The van der Waals surface area contributed by atoms with Crippen LogP contribution in [0.15, 0.2) is 39.9 Å². The SMILES string of the molecule is CCOC(=O)[C@H]1CCCN(c2cc(=O)n(-c3ccccc3Cl)c(=O)[nH]2)C1. The van der Waals surface area contributed by atoms with Gasteiger partial charge in [-0.2, -0.15) is 0 Å². The first kappa shape index (κ1) is 18.3. The fraction of sp³-hybridized carbons (Fsp3) is 0.389. The normalized spacial score (nSPS) is 17.2. The molecule has 1 saturated heterocycles. The van der Waals surface area contributed by atoms with Gasteiger partial charge in [0.25, 0.3) is 5.56 Å². The van der Waals surface area contributed by atoms with E-state index in [-0.39, 0.29) is 11.9 Å². The van der Waals surface area contributed by atoms with Crippen LogP contribution in [0.2, 0.25) is 5.02 Å². The van der Waals surface area contributed by atoms with Crippen LogP contribution in [0.25, 0.3) is 5.69 Å². The van der Waals surface area contributed by atoms with Crippen LogP contribution < -0.4 is 16.1 Å². The number of hydrogen-bond acceptors (Lipinski definition) is 5. The maximum Gasteiger partial charge on any atom is 0.334 e. The van der Waals surface area contributed by atoms with E-state index < -0.39 is 11.2 Å². The van der Waals surface area contributed by atoms with Crippen LogP contribution >= 0.6 is 11.6 Å². The first-order chi connectivity index (χ1) is 12.5. The number of esters is 1. The van der Waals surface area contributed by atoms with Gasteiger partial charge >= 0.3 is 11.7 Å². The smallest absolute Gasteiger partial charge is 0.334 e. The third-order valence-electron chi connectivity index (χ3n) is 4.39. The summed E-state index contributed by atoms with van der Waals surface area (Å²) in [5.74, 6) is -0.112. The molecular weight excluding hydrogens is 358 g/mol. The Morgan fingerprint density at radius 1 is 1.35 bits per heavy atom. The number of hydrogen-bond donors (Lipinski definition) is 1. The van der Waals surface area contributed by atoms with Crippen molar-refractivity contribution in [1.82, 2.24) is 9.55 Å². The van der Waals surface area contributed by atoms with Crippen LogP contribution in [0, 0.1) is 5.92 Å². The Balaban J connectivity index is 1.91. The first-order valence-corrected chi connectivity index (χ1v) is 8.92. The molecule has 3 rings (SSSR count). The van der Waals surface area contributed by atoms with Crippen molar-refractivity contribution < 1.29 is 9.53 Å². The predicted molar refractivity (Wildman–Crippen MR) is 99.2 cm³/mol. The van der Waals surface area contributed by atoms with E-state index in [0.717, 1.165) is 17.4 Å². The van der Waals surface area contributed by atoms with E-state index in [9.17, 15) is 14.4 Å². The van der Waals surface area contributed by atoms with Crippen molar-refractivity contribution in [3.8, 4) is 5.69 Å². The molecular formula is C18H20ClN3O4. The number of rotatable bonds is 4. The first-order valence-electron chi connectivity index (χ1n) is 8.54. The quantitative estimate of drug-likeness (QED) is 0.823. The maximum atomic E-state index is 12.5. The number of nitrogens with zero attached hydrogens (tertiary/aromatic N) is 2. The van der Waals surface area contributed by atoms with Gasteiger partial charge in [-0.3, -0.25) is 14.6 Å². The molecule has 0 saturated carbocycles. The fourth-order valence-corrected chi connectivity index (χ4v) is 3.38. The van der Waals surface area contributed by atoms with Crippen molar-refractivity contribution in [2.24, 2.45) is 5.92 Å². The van der Waals surface area contributed by atoms with E-state index in [1.165, 1.54) is 6.07 Å². The number of anilines is 1. The summed E-state index contributed by atoms with van der Waals surface area (Å²) in [6.45, 7) is 3.16. The second-order valence-electron chi connectivity index (χ2n) is 6.12. The molecule has 0 spiro atoms. The number of halogens is 1. The molecule has 0 amide bonds. The van der Waals surface area contributed by atoms with Gasteiger partial charge in [-0.05, 0) is 31.9 Å². The molecule has 0 radical (unpaired) electrons. The Kier molecular flexibility index (Phi) is 5.46. The Hall–Kier alpha value is -2.54. The summed E-state index contributed by atoms with van der Waals surface area (Å²) in [5.41, 5.74) is -0.719. The zero-order valence-corrected chi connectivity index (χ0v) is 15.2. The highest BCUT2D eigenvalue weighted by molar-refractivity contribution is 6.32. The average molecular weight is 378 g/mol. The molecule has 0 bridgehead atoms. The van der Waals surface area contributed by atoms with Crippen LogP contribution in [0.5, 0.6) is 0 Å². The summed E-state index contributed by atoms with van der Waals surface area (Å²) in [5, 5.41) is 0.313. The molecule has 138 valence electrons. The molecule has 8 heteroatoms. The molecule has 1 aromatic carbocycles. The number of aromatic amines is 1. The molecule has 1 N–H and O–H groups in total. The summed E-state index contributed by atoms with van der Waals surface area (Å²) in [6, 6.07) is 8.01. The summed E-state index contributed by atoms with van der Waals surface area (Å²) in [7, 11) is 0. The van der Waals surface area contributed by atoms with Crippen LogP contribution in [-0.2, 0) is 9.53 Å². The molecule has 7 nitrogen and oxygen atoms in total. The summed E-state index contributed by atoms with van der Waals surface area (Å²) in [4.78, 5) is 41.6. The monoisotopic (exact) mass is 377 g/mol. The molecule has 0 unspecified atom stereocenters.